The molecule has 5 aromatic rings. The number of carbonyl (C=O) groups excluding carboxylic acids is 1. The number of rotatable bonds is 13. The number of ketones is 1. The van der Waals surface area contributed by atoms with Gasteiger partial charge in [0.25, 0.3) is 0 Å². The third kappa shape index (κ3) is 11.9. The molecule has 1 aliphatic carbocycles. The van der Waals surface area contributed by atoms with Gasteiger partial charge in [0.05, 0.1) is 39.6 Å². The molecule has 1 spiro atoms. The number of allylic oxidation sites excluding steroid dienone is 5. The average molecular weight is 1270 g/mol. The van der Waals surface area contributed by atoms with Gasteiger partial charge in [0, 0.05) is 59.8 Å². The van der Waals surface area contributed by atoms with E-state index in [9.17, 15) is 29.7 Å². The van der Waals surface area contributed by atoms with E-state index >= 15 is 0 Å². The number of carbonyl (C=O) groups is 3. The minimum Gasteiger partial charge on any atom is -0.506 e. The van der Waals surface area contributed by atoms with Gasteiger partial charge < -0.3 is 58.0 Å². The van der Waals surface area contributed by atoms with Crippen molar-refractivity contribution in [3.8, 4) is 63.2 Å². The Kier molecular flexibility index (Phi) is 18.3. The van der Waals surface area contributed by atoms with Crippen molar-refractivity contribution in [1.29, 1.82) is 0 Å². The van der Waals surface area contributed by atoms with Gasteiger partial charge in [-0.25, -0.2) is 9.59 Å². The molecule has 7 heterocycles. The molecule has 7 aliphatic heterocycles. The fourth-order valence-electron chi connectivity index (χ4n) is 14.9. The molecular formula is C76H88N2O15. The Labute approximate surface area is 545 Å². The lowest BCUT2D eigenvalue weighted by Crippen LogP contribution is -2.66. The first kappa shape index (κ1) is 66.0. The number of carboxylic acids is 2. The summed E-state index contributed by atoms with van der Waals surface area (Å²) in [5.74, 6) is 1.88. The topological polar surface area (TPSA) is 201 Å². The predicted molar refractivity (Wildman–Crippen MR) is 356 cm³/mol. The van der Waals surface area contributed by atoms with Crippen LogP contribution >= 0.6 is 0 Å². The SMILES string of the molecule is CC(C)=CCCC1(C)C=Cc2c(O)c3c(c(CC=C(C)C)c2O1)OC12C(=CCCC1C(C)(C)OC2(CC=C(C)C(=O)O)C(=O)O)C3=O.COc1ccc2cc1Oc1ccc(cc1)CC1c3cc(c(OC)cc3CCN1C)Oc1c(OC)c(OC)cc3c1C(C2)N(C)CC3. The van der Waals surface area contributed by atoms with Crippen LogP contribution in [0.4, 0.5) is 0 Å². The largest absolute Gasteiger partial charge is 0.506 e. The number of hydrogen-bond acceptors (Lipinski definition) is 15. The summed E-state index contributed by atoms with van der Waals surface area (Å²) < 4.78 is 57.3. The normalized spacial score (nSPS) is 23.8. The highest BCUT2D eigenvalue weighted by Gasteiger charge is 2.77. The summed E-state index contributed by atoms with van der Waals surface area (Å²) in [5, 5.41) is 32.4. The fraction of sp³-hybridized carbons (Fsp3) is 0.434. The van der Waals surface area contributed by atoms with Crippen LogP contribution in [-0.2, 0) is 46.4 Å². The van der Waals surface area contributed by atoms with E-state index in [1.54, 1.807) is 54.4 Å². The number of Topliss-reactive ketones (excluding diaryl/α,β-unsaturated/α-hetero) is 1. The van der Waals surface area contributed by atoms with E-state index in [2.05, 4.69) is 72.4 Å². The van der Waals surface area contributed by atoms with Gasteiger partial charge in [-0.2, -0.15) is 0 Å². The zero-order valence-electron chi connectivity index (χ0n) is 56.1. The van der Waals surface area contributed by atoms with E-state index in [1.165, 1.54) is 40.8 Å². The highest BCUT2D eigenvalue weighted by atomic mass is 16.6. The molecule has 6 unspecified atom stereocenters. The van der Waals surface area contributed by atoms with E-state index in [4.69, 9.17) is 42.6 Å². The molecule has 8 aliphatic rings. The average Bonchev–Trinajstić information content (AvgIpc) is 1.56. The second-order valence-electron chi connectivity index (χ2n) is 26.9. The third-order valence-electron chi connectivity index (χ3n) is 19.9. The van der Waals surface area contributed by atoms with Crippen molar-refractivity contribution in [1.82, 2.24) is 9.80 Å². The lowest BCUT2D eigenvalue weighted by molar-refractivity contribution is -0.184. The highest BCUT2D eigenvalue weighted by Crippen LogP contribution is 2.65. The first-order chi connectivity index (χ1) is 44.3. The van der Waals surface area contributed by atoms with Gasteiger partial charge in [-0.15, -0.1) is 0 Å². The summed E-state index contributed by atoms with van der Waals surface area (Å²) in [6, 6.07) is 21.2. The molecular weight excluding hydrogens is 1180 g/mol. The molecule has 3 N–H and O–H groups in total. The maximum absolute atomic E-state index is 14.7. The molecule has 13 rings (SSSR count). The van der Waals surface area contributed by atoms with Gasteiger partial charge in [0.1, 0.15) is 34.2 Å². The summed E-state index contributed by atoms with van der Waals surface area (Å²) in [6.07, 6.45) is 16.5. The number of ether oxygens (including phenoxy) is 9. The lowest BCUT2D eigenvalue weighted by Gasteiger charge is -2.50. The molecule has 1 saturated heterocycles. The summed E-state index contributed by atoms with van der Waals surface area (Å²) in [5.41, 5.74) is 4.48. The van der Waals surface area contributed by atoms with Crippen molar-refractivity contribution in [2.45, 2.75) is 154 Å². The molecule has 93 heavy (non-hydrogen) atoms. The van der Waals surface area contributed by atoms with Gasteiger partial charge >= 0.3 is 11.9 Å². The van der Waals surface area contributed by atoms with Gasteiger partial charge in [-0.05, 0) is 210 Å². The Morgan fingerprint density at radius 2 is 1.38 bits per heavy atom. The maximum Gasteiger partial charge on any atom is 0.340 e. The van der Waals surface area contributed by atoms with Crippen LogP contribution in [0.1, 0.15) is 154 Å². The standard InChI is InChI=1S/C38H42N2O6.C38H46O9/c1-39-15-13-25-20-32(42-4)34-22-28(25)29(39)17-23-7-10-27(11-8-23)45-33-19-24(9-12-31(33)41-3)18-30-36-26(14-16-40(30)2)21-35(43-5)37(44-6)38(36)46-34;1-21(2)11-10-18-36(8)19-17-24-29(39)28-30(40)26-12-9-13-27-35(6,7)47-37(34(43)44,20-16-23(5)33(41)42)38(26,27)46-32(28)25(31(24)45-36)15-14-22(3)4/h7-12,19-22,29-30H,13-18H2,1-6H3;11-12,14,16-17,19,27,39H,9-10,13,15,18,20H2,1-8H3,(H,41,42)(H,43,44). The number of nitrogens with zero attached hydrogens (tertiary/aromatic N) is 2. The number of phenols is 1. The number of aliphatic carboxylic acids is 2. The minimum atomic E-state index is -2.16. The molecule has 1 fully saturated rings. The van der Waals surface area contributed by atoms with E-state index in [-0.39, 0.29) is 46.7 Å². The molecule has 5 aromatic carbocycles. The number of likely N-dealkylation sites (N-methyl/N-ethyl adjacent to an activating group) is 2. The second kappa shape index (κ2) is 25.8. The first-order valence-corrected chi connectivity index (χ1v) is 32.2. The summed E-state index contributed by atoms with van der Waals surface area (Å²) in [7, 11) is 11.1. The van der Waals surface area contributed by atoms with Gasteiger partial charge in [-0.1, -0.05) is 53.6 Å². The summed E-state index contributed by atoms with van der Waals surface area (Å²) >= 11 is 0. The van der Waals surface area contributed by atoms with Crippen LogP contribution < -0.4 is 37.9 Å². The van der Waals surface area contributed by atoms with Crippen molar-refractivity contribution in [2.75, 3.05) is 55.6 Å². The van der Waals surface area contributed by atoms with Crippen molar-refractivity contribution in [3.05, 3.63) is 163 Å². The molecule has 492 valence electrons. The Balaban J connectivity index is 0.000000190. The molecule has 6 bridgehead atoms. The van der Waals surface area contributed by atoms with Crippen LogP contribution in [0.5, 0.6) is 63.2 Å². The number of phenolic OH excluding ortho intramolecular Hbond substituents is 1. The van der Waals surface area contributed by atoms with Crippen molar-refractivity contribution < 1.29 is 72.3 Å². The molecule has 0 saturated carbocycles. The number of methoxy groups -OCH3 is 4. The molecule has 17 heteroatoms. The number of aromatic hydroxyl groups is 1. The molecule has 0 amide bonds. The zero-order valence-corrected chi connectivity index (χ0v) is 56.1. The van der Waals surface area contributed by atoms with Crippen LogP contribution in [0.15, 0.2) is 113 Å². The second-order valence-corrected chi connectivity index (χ2v) is 26.9. The van der Waals surface area contributed by atoms with Crippen LogP contribution in [0.2, 0.25) is 0 Å². The Bertz CT molecular complexity index is 3960. The quantitative estimate of drug-likeness (QED) is 0.0741. The van der Waals surface area contributed by atoms with Crippen LogP contribution in [0.3, 0.4) is 0 Å². The van der Waals surface area contributed by atoms with Crippen molar-refractivity contribution >= 4 is 23.8 Å². The van der Waals surface area contributed by atoms with Crippen molar-refractivity contribution in [3.63, 3.8) is 0 Å². The number of fused-ring (bicyclic) bond motifs is 4. The lowest BCUT2D eigenvalue weighted by atomic mass is 9.60. The van der Waals surface area contributed by atoms with Crippen LogP contribution in [0.25, 0.3) is 6.08 Å². The van der Waals surface area contributed by atoms with Gasteiger partial charge in [-0.3, -0.25) is 14.6 Å². The molecule has 0 radical (unpaired) electrons. The van der Waals surface area contributed by atoms with Gasteiger partial charge in [0.2, 0.25) is 11.4 Å². The van der Waals surface area contributed by atoms with E-state index in [0.29, 0.717) is 82.8 Å². The van der Waals surface area contributed by atoms with E-state index in [0.717, 1.165) is 67.6 Å². The molecule has 0 aromatic heterocycles. The van der Waals surface area contributed by atoms with Crippen molar-refractivity contribution in [2.24, 2.45) is 5.92 Å². The first-order valence-electron chi connectivity index (χ1n) is 32.2. The Hall–Kier alpha value is -8.51. The summed E-state index contributed by atoms with van der Waals surface area (Å²) in [4.78, 5) is 44.9. The third-order valence-corrected chi connectivity index (χ3v) is 19.9. The highest BCUT2D eigenvalue weighted by molar-refractivity contribution is 6.17. The maximum atomic E-state index is 14.7. The smallest absolute Gasteiger partial charge is 0.340 e. The number of hydrogen-bond donors (Lipinski definition) is 3. The molecule has 17 nitrogen and oxygen atoms in total. The zero-order chi connectivity index (χ0) is 66.6. The van der Waals surface area contributed by atoms with E-state index in [1.807, 2.05) is 65.0 Å². The fourth-order valence-corrected chi connectivity index (χ4v) is 14.9. The Morgan fingerprint density at radius 1 is 0.720 bits per heavy atom. The number of benzene rings is 5. The predicted octanol–water partition coefficient (Wildman–Crippen LogP) is 14.7. The molecule has 6 atom stereocenters. The number of carboxylic acid groups (broad SMARTS) is 2. The van der Waals surface area contributed by atoms with Gasteiger partial charge in [0.15, 0.2) is 45.9 Å². The van der Waals surface area contributed by atoms with E-state index < -0.39 is 46.0 Å². The Morgan fingerprint density at radius 3 is 2.04 bits per heavy atom. The minimum absolute atomic E-state index is 0.000437. The van der Waals surface area contributed by atoms with Crippen LogP contribution in [0, 0.1) is 5.92 Å². The van der Waals surface area contributed by atoms with Crippen LogP contribution in [-0.4, -0.2) is 121 Å². The summed E-state index contributed by atoms with van der Waals surface area (Å²) in [6.45, 7) is 16.8. The monoisotopic (exact) mass is 1270 g/mol.